The van der Waals surface area contributed by atoms with Gasteiger partial charge in [0.05, 0.1) is 11.3 Å². The zero-order valence-corrected chi connectivity index (χ0v) is 20.3. The fourth-order valence-electron chi connectivity index (χ4n) is 3.29. The molecule has 0 bridgehead atoms. The predicted molar refractivity (Wildman–Crippen MR) is 133 cm³/mol. The second-order valence-corrected chi connectivity index (χ2v) is 8.95. The summed E-state index contributed by atoms with van der Waals surface area (Å²) in [6.07, 6.45) is 1.74. The molecule has 1 aromatic heterocycles. The van der Waals surface area contributed by atoms with Crippen molar-refractivity contribution in [3.05, 3.63) is 77.6 Å². The van der Waals surface area contributed by atoms with Crippen molar-refractivity contribution in [3.63, 3.8) is 0 Å². The van der Waals surface area contributed by atoms with Gasteiger partial charge in [0.25, 0.3) is 0 Å². The van der Waals surface area contributed by atoms with Gasteiger partial charge in [-0.05, 0) is 48.2 Å². The van der Waals surface area contributed by atoms with E-state index in [1.807, 2.05) is 17.6 Å². The molecule has 34 heavy (non-hydrogen) atoms. The van der Waals surface area contributed by atoms with Gasteiger partial charge >= 0.3 is 5.97 Å². The summed E-state index contributed by atoms with van der Waals surface area (Å²) < 4.78 is 7.97. The van der Waals surface area contributed by atoms with Crippen LogP contribution in [0.3, 0.4) is 0 Å². The highest BCUT2D eigenvalue weighted by Crippen LogP contribution is 2.28. The van der Waals surface area contributed by atoms with Gasteiger partial charge in [-0.1, -0.05) is 49.9 Å². The normalized spacial score (nSPS) is 10.8. The van der Waals surface area contributed by atoms with Crippen molar-refractivity contribution in [2.75, 3.05) is 11.1 Å². The van der Waals surface area contributed by atoms with E-state index in [0.29, 0.717) is 29.1 Å². The van der Waals surface area contributed by atoms with E-state index in [1.54, 1.807) is 18.2 Å². The number of ether oxygens (including phenoxy) is 1. The molecule has 9 heteroatoms. The highest BCUT2D eigenvalue weighted by atomic mass is 32.2. The maximum absolute atomic E-state index is 12.4. The number of thioether (sulfide) groups is 1. The number of aromatic nitrogens is 3. The second-order valence-electron chi connectivity index (χ2n) is 8.01. The first kappa shape index (κ1) is 25.0. The van der Waals surface area contributed by atoms with Crippen molar-refractivity contribution < 1.29 is 19.4 Å². The number of aryl methyl sites for hydroxylation is 1. The van der Waals surface area contributed by atoms with E-state index in [-0.39, 0.29) is 23.8 Å². The van der Waals surface area contributed by atoms with E-state index < -0.39 is 5.97 Å². The Balaban J connectivity index is 1.66. The third-order valence-corrected chi connectivity index (χ3v) is 5.95. The summed E-state index contributed by atoms with van der Waals surface area (Å²) in [5.74, 6) is 0.530. The molecule has 1 heterocycles. The zero-order chi connectivity index (χ0) is 24.7. The van der Waals surface area contributed by atoms with Gasteiger partial charge in [0.1, 0.15) is 12.4 Å². The van der Waals surface area contributed by atoms with E-state index in [4.69, 9.17) is 9.84 Å². The Morgan fingerprint density at radius 3 is 2.74 bits per heavy atom. The lowest BCUT2D eigenvalue weighted by Crippen LogP contribution is -2.15. The maximum atomic E-state index is 12.4. The lowest BCUT2D eigenvalue weighted by Gasteiger charge is -2.15. The van der Waals surface area contributed by atoms with Gasteiger partial charge in [-0.15, -0.1) is 16.8 Å². The molecule has 0 aliphatic carbocycles. The third kappa shape index (κ3) is 6.48. The molecule has 3 rings (SSSR count). The molecule has 0 unspecified atom stereocenters. The Kier molecular flexibility index (Phi) is 8.48. The number of benzene rings is 2. The van der Waals surface area contributed by atoms with Crippen molar-refractivity contribution in [2.45, 2.75) is 45.0 Å². The van der Waals surface area contributed by atoms with Crippen LogP contribution >= 0.6 is 11.8 Å². The topological polar surface area (TPSA) is 106 Å². The Morgan fingerprint density at radius 1 is 1.24 bits per heavy atom. The number of carbonyl (C=O) groups excluding carboxylic acids is 1. The van der Waals surface area contributed by atoms with Crippen molar-refractivity contribution in [3.8, 4) is 5.75 Å². The molecule has 2 N–H and O–H groups in total. The number of hydrogen-bond donors (Lipinski definition) is 2. The predicted octanol–water partition coefficient (Wildman–Crippen LogP) is 4.90. The van der Waals surface area contributed by atoms with Gasteiger partial charge in [0.2, 0.25) is 5.91 Å². The lowest BCUT2D eigenvalue weighted by atomic mass is 10.0. The molecule has 1 amide bonds. The first-order chi connectivity index (χ1) is 16.3. The van der Waals surface area contributed by atoms with Crippen LogP contribution in [0.1, 0.15) is 47.1 Å². The first-order valence-corrected chi connectivity index (χ1v) is 11.8. The van der Waals surface area contributed by atoms with Crippen LogP contribution < -0.4 is 10.1 Å². The van der Waals surface area contributed by atoms with Crippen molar-refractivity contribution in [1.29, 1.82) is 0 Å². The van der Waals surface area contributed by atoms with E-state index >= 15 is 0 Å². The quantitative estimate of drug-likeness (QED) is 0.297. The summed E-state index contributed by atoms with van der Waals surface area (Å²) in [6, 6.07) is 12.3. The number of carbonyl (C=O) groups is 2. The Bertz CT molecular complexity index is 1190. The molecule has 0 atom stereocenters. The lowest BCUT2D eigenvalue weighted by molar-refractivity contribution is -0.113. The number of nitrogens with zero attached hydrogens (tertiary/aromatic N) is 3. The molecule has 0 saturated heterocycles. The van der Waals surface area contributed by atoms with E-state index in [2.05, 4.69) is 48.1 Å². The van der Waals surface area contributed by atoms with Crippen LogP contribution in [0.25, 0.3) is 0 Å². The third-order valence-electron chi connectivity index (χ3n) is 4.98. The number of rotatable bonds is 11. The SMILES string of the molecule is C=CCn1c(COc2cc(C)ccc2C(C)C)nnc1SCC(=O)Nc1cccc(C(=O)O)c1. The highest BCUT2D eigenvalue weighted by Gasteiger charge is 2.16. The molecule has 3 aromatic rings. The second kappa shape index (κ2) is 11.5. The Labute approximate surface area is 203 Å². The first-order valence-electron chi connectivity index (χ1n) is 10.8. The molecular weight excluding hydrogens is 452 g/mol. The van der Waals surface area contributed by atoms with Gasteiger partial charge in [-0.25, -0.2) is 4.79 Å². The molecule has 0 spiro atoms. The zero-order valence-electron chi connectivity index (χ0n) is 19.4. The van der Waals surface area contributed by atoms with Crippen LogP contribution in [0.4, 0.5) is 5.69 Å². The van der Waals surface area contributed by atoms with E-state index in [0.717, 1.165) is 16.9 Å². The number of nitrogens with one attached hydrogen (secondary N) is 1. The highest BCUT2D eigenvalue weighted by molar-refractivity contribution is 7.99. The smallest absolute Gasteiger partial charge is 0.335 e. The van der Waals surface area contributed by atoms with Gasteiger partial charge in [-0.2, -0.15) is 0 Å². The fourth-order valence-corrected chi connectivity index (χ4v) is 4.05. The van der Waals surface area contributed by atoms with Gasteiger partial charge in [0.15, 0.2) is 11.0 Å². The standard InChI is InChI=1S/C25H28N4O4S/c1-5-11-29-22(14-33-21-12-17(4)9-10-20(21)16(2)3)27-28-25(29)34-15-23(30)26-19-8-6-7-18(13-19)24(31)32/h5-10,12-13,16H,1,11,14-15H2,2-4H3,(H,26,30)(H,31,32). The van der Waals surface area contributed by atoms with Crippen molar-refractivity contribution >= 4 is 29.3 Å². The van der Waals surface area contributed by atoms with Crippen LogP contribution in [0.2, 0.25) is 0 Å². The summed E-state index contributed by atoms with van der Waals surface area (Å²) in [6.45, 7) is 10.8. The van der Waals surface area contributed by atoms with Crippen LogP contribution in [-0.4, -0.2) is 37.5 Å². The largest absolute Gasteiger partial charge is 0.485 e. The summed E-state index contributed by atoms with van der Waals surface area (Å²) in [5, 5.41) is 20.9. The minimum Gasteiger partial charge on any atom is -0.485 e. The summed E-state index contributed by atoms with van der Waals surface area (Å²) in [5.41, 5.74) is 2.77. The Hall–Kier alpha value is -3.59. The summed E-state index contributed by atoms with van der Waals surface area (Å²) in [4.78, 5) is 23.5. The van der Waals surface area contributed by atoms with Crippen LogP contribution in [-0.2, 0) is 17.9 Å². The minimum absolute atomic E-state index is 0.0861. The number of aromatic carboxylic acids is 1. The molecule has 0 saturated carbocycles. The number of hydrogen-bond acceptors (Lipinski definition) is 6. The van der Waals surface area contributed by atoms with Crippen molar-refractivity contribution in [2.24, 2.45) is 0 Å². The molecule has 0 aliphatic rings. The molecule has 2 aromatic carbocycles. The monoisotopic (exact) mass is 480 g/mol. The van der Waals surface area contributed by atoms with Crippen LogP contribution in [0.5, 0.6) is 5.75 Å². The molecule has 0 radical (unpaired) electrons. The van der Waals surface area contributed by atoms with Crippen LogP contribution in [0, 0.1) is 6.92 Å². The number of carboxylic acids is 1. The number of anilines is 1. The number of amides is 1. The summed E-state index contributed by atoms with van der Waals surface area (Å²) in [7, 11) is 0. The molecule has 178 valence electrons. The summed E-state index contributed by atoms with van der Waals surface area (Å²) >= 11 is 1.24. The van der Waals surface area contributed by atoms with E-state index in [1.165, 1.54) is 23.9 Å². The van der Waals surface area contributed by atoms with Gasteiger partial charge < -0.3 is 15.2 Å². The minimum atomic E-state index is -1.05. The number of allylic oxidation sites excluding steroid dienone is 1. The van der Waals surface area contributed by atoms with Crippen LogP contribution in [0.15, 0.2) is 60.3 Å². The molecule has 0 fully saturated rings. The Morgan fingerprint density at radius 2 is 2.03 bits per heavy atom. The molecule has 0 aliphatic heterocycles. The number of carboxylic acid groups (broad SMARTS) is 1. The molecule has 8 nitrogen and oxygen atoms in total. The van der Waals surface area contributed by atoms with Gasteiger partial charge in [-0.3, -0.25) is 9.36 Å². The fraction of sp³-hybridized carbons (Fsp3) is 0.280. The maximum Gasteiger partial charge on any atom is 0.335 e. The molecular formula is C25H28N4O4S. The average Bonchev–Trinajstić information content (AvgIpc) is 3.18. The van der Waals surface area contributed by atoms with Gasteiger partial charge in [0, 0.05) is 12.2 Å². The van der Waals surface area contributed by atoms with Crippen molar-refractivity contribution in [1.82, 2.24) is 14.8 Å². The van der Waals surface area contributed by atoms with E-state index in [9.17, 15) is 9.59 Å². The average molecular weight is 481 g/mol.